The van der Waals surface area contributed by atoms with Crippen LogP contribution in [0.1, 0.15) is 20.9 Å². The molecule has 0 radical (unpaired) electrons. The van der Waals surface area contributed by atoms with Crippen LogP contribution in [0.4, 0.5) is 0 Å². The molecule has 2 aliphatic rings. The van der Waals surface area contributed by atoms with E-state index in [9.17, 15) is 14.4 Å². The number of aromatic amines is 1. The largest absolute Gasteiger partial charge is 0.368 e. The highest BCUT2D eigenvalue weighted by atomic mass is 79.9. The maximum absolute atomic E-state index is 12.7. The van der Waals surface area contributed by atoms with Crippen LogP contribution in [0, 0.1) is 6.92 Å². The lowest BCUT2D eigenvalue weighted by Gasteiger charge is -2.53. The van der Waals surface area contributed by atoms with E-state index in [1.165, 1.54) is 0 Å². The first-order valence-corrected chi connectivity index (χ1v) is 11.0. The van der Waals surface area contributed by atoms with Crippen molar-refractivity contribution < 1.29 is 14.3 Å². The number of nitrogens with zero attached hydrogens (tertiary/aromatic N) is 2. The third-order valence-corrected chi connectivity index (χ3v) is 7.53. The van der Waals surface area contributed by atoms with Gasteiger partial charge in [-0.25, -0.2) is 0 Å². The normalized spacial score (nSPS) is 18.6. The van der Waals surface area contributed by atoms with Gasteiger partial charge in [0.1, 0.15) is 11.3 Å². The molecule has 1 spiro atoms. The van der Waals surface area contributed by atoms with Crippen molar-refractivity contribution in [3.63, 3.8) is 0 Å². The Morgan fingerprint density at radius 2 is 2.07 bits per heavy atom. The standard InChI is InChI=1S/C17H18BrN3O4S2/c1-10-13(19-16(24)27-10)15(23)20-3-4-25-17(7-20)8-21(9-17)12(22)6-11-2-5-26-14(11)18/h2,5H,3-4,6-9H2,1H3,(H,19,24). The number of amides is 2. The van der Waals surface area contributed by atoms with Gasteiger partial charge in [0.15, 0.2) is 0 Å². The van der Waals surface area contributed by atoms with E-state index in [0.717, 1.165) is 20.7 Å². The fourth-order valence-electron chi connectivity index (χ4n) is 3.52. The first-order valence-electron chi connectivity index (χ1n) is 8.49. The Kier molecular flexibility index (Phi) is 5.00. The van der Waals surface area contributed by atoms with Gasteiger partial charge in [0.05, 0.1) is 36.4 Å². The summed E-state index contributed by atoms with van der Waals surface area (Å²) in [5, 5.41) is 1.95. The molecule has 10 heteroatoms. The molecule has 2 aromatic heterocycles. The molecule has 0 aromatic carbocycles. The predicted octanol–water partition coefficient (Wildman–Crippen LogP) is 1.86. The fourth-order valence-corrected chi connectivity index (χ4v) is 5.43. The van der Waals surface area contributed by atoms with E-state index in [1.54, 1.807) is 28.1 Å². The molecule has 7 nitrogen and oxygen atoms in total. The summed E-state index contributed by atoms with van der Waals surface area (Å²) >= 11 is 6.07. The van der Waals surface area contributed by atoms with E-state index in [1.807, 2.05) is 11.4 Å². The Balaban J connectivity index is 1.39. The van der Waals surface area contributed by atoms with Gasteiger partial charge >= 0.3 is 4.87 Å². The van der Waals surface area contributed by atoms with Crippen LogP contribution in [-0.4, -0.2) is 65.0 Å². The van der Waals surface area contributed by atoms with Crippen molar-refractivity contribution in [2.45, 2.75) is 18.9 Å². The van der Waals surface area contributed by atoms with E-state index < -0.39 is 5.60 Å². The van der Waals surface area contributed by atoms with Crippen LogP contribution in [0.15, 0.2) is 20.0 Å². The number of aryl methyl sites for hydroxylation is 1. The van der Waals surface area contributed by atoms with Gasteiger partial charge in [-0.3, -0.25) is 14.4 Å². The van der Waals surface area contributed by atoms with Gasteiger partial charge < -0.3 is 19.5 Å². The van der Waals surface area contributed by atoms with Crippen LogP contribution < -0.4 is 4.87 Å². The SMILES string of the molecule is Cc1sc(=O)[nH]c1C(=O)N1CCOC2(CN(C(=O)Cc3ccsc3Br)C2)C1. The minimum Gasteiger partial charge on any atom is -0.368 e. The number of carbonyl (C=O) groups is 2. The topological polar surface area (TPSA) is 82.7 Å². The lowest BCUT2D eigenvalue weighted by molar-refractivity contribution is -0.186. The van der Waals surface area contributed by atoms with Crippen molar-refractivity contribution >= 4 is 50.4 Å². The highest BCUT2D eigenvalue weighted by Crippen LogP contribution is 2.31. The maximum atomic E-state index is 12.7. The van der Waals surface area contributed by atoms with Crippen molar-refractivity contribution in [3.8, 4) is 0 Å². The van der Waals surface area contributed by atoms with Gasteiger partial charge in [0.2, 0.25) is 5.91 Å². The Morgan fingerprint density at radius 3 is 2.70 bits per heavy atom. The molecule has 0 bridgehead atoms. The number of ether oxygens (including phenoxy) is 1. The number of rotatable bonds is 3. The number of carbonyl (C=O) groups excluding carboxylic acids is 2. The minimum atomic E-state index is -0.500. The lowest BCUT2D eigenvalue weighted by Crippen LogP contribution is -2.71. The van der Waals surface area contributed by atoms with Crippen molar-refractivity contribution in [2.24, 2.45) is 0 Å². The van der Waals surface area contributed by atoms with E-state index >= 15 is 0 Å². The van der Waals surface area contributed by atoms with Gasteiger partial charge in [0, 0.05) is 11.4 Å². The molecule has 0 aliphatic carbocycles. The number of nitrogens with one attached hydrogen (secondary N) is 1. The summed E-state index contributed by atoms with van der Waals surface area (Å²) in [6.07, 6.45) is 0.359. The average molecular weight is 472 g/mol. The van der Waals surface area contributed by atoms with Crippen molar-refractivity contribution in [2.75, 3.05) is 32.8 Å². The van der Waals surface area contributed by atoms with Crippen LogP contribution in [0.2, 0.25) is 0 Å². The molecule has 2 amide bonds. The number of thiazole rings is 1. The van der Waals surface area contributed by atoms with Crippen LogP contribution in [0.3, 0.4) is 0 Å². The molecule has 2 aromatic rings. The zero-order valence-corrected chi connectivity index (χ0v) is 17.8. The summed E-state index contributed by atoms with van der Waals surface area (Å²) in [6, 6.07) is 1.95. The van der Waals surface area contributed by atoms with E-state index in [2.05, 4.69) is 20.9 Å². The molecule has 0 unspecified atom stereocenters. The number of hydrogen-bond donors (Lipinski definition) is 1. The van der Waals surface area contributed by atoms with Gasteiger partial charge in [-0.05, 0) is 39.9 Å². The second-order valence-electron chi connectivity index (χ2n) is 6.85. The zero-order valence-electron chi connectivity index (χ0n) is 14.6. The highest BCUT2D eigenvalue weighted by Gasteiger charge is 2.50. The van der Waals surface area contributed by atoms with Crippen LogP contribution in [0.5, 0.6) is 0 Å². The summed E-state index contributed by atoms with van der Waals surface area (Å²) in [4.78, 5) is 43.3. The monoisotopic (exact) mass is 471 g/mol. The molecular weight excluding hydrogens is 454 g/mol. The third kappa shape index (κ3) is 3.63. The summed E-state index contributed by atoms with van der Waals surface area (Å²) in [5.41, 5.74) is 0.848. The fraction of sp³-hybridized carbons (Fsp3) is 0.471. The number of halogens is 1. The number of morpholine rings is 1. The average Bonchev–Trinajstić information content (AvgIpc) is 3.16. The Morgan fingerprint density at radius 1 is 1.33 bits per heavy atom. The lowest BCUT2D eigenvalue weighted by atomic mass is 9.91. The van der Waals surface area contributed by atoms with Crippen LogP contribution in [0.25, 0.3) is 0 Å². The number of likely N-dealkylation sites (tertiary alicyclic amines) is 1. The molecular formula is C17H18BrN3O4S2. The molecule has 144 valence electrons. The Labute approximate surface area is 172 Å². The van der Waals surface area contributed by atoms with Gasteiger partial charge in [-0.1, -0.05) is 11.3 Å². The Bertz CT molecular complexity index is 944. The number of hydrogen-bond acceptors (Lipinski definition) is 6. The van der Waals surface area contributed by atoms with Gasteiger partial charge in [-0.15, -0.1) is 11.3 Å². The molecule has 1 N–H and O–H groups in total. The molecule has 4 heterocycles. The third-order valence-electron chi connectivity index (χ3n) is 4.92. The van der Waals surface area contributed by atoms with Crippen LogP contribution >= 0.6 is 38.6 Å². The maximum Gasteiger partial charge on any atom is 0.305 e. The van der Waals surface area contributed by atoms with Crippen molar-refractivity contribution in [1.82, 2.24) is 14.8 Å². The first kappa shape index (κ1) is 18.9. The van der Waals surface area contributed by atoms with Gasteiger partial charge in [0.25, 0.3) is 5.91 Å². The molecule has 0 atom stereocenters. The first-order chi connectivity index (χ1) is 12.9. The van der Waals surface area contributed by atoms with E-state index in [4.69, 9.17) is 4.74 Å². The molecule has 4 rings (SSSR count). The Hall–Kier alpha value is -1.49. The van der Waals surface area contributed by atoms with E-state index in [0.29, 0.717) is 49.8 Å². The second kappa shape index (κ2) is 7.16. The summed E-state index contributed by atoms with van der Waals surface area (Å²) in [5.74, 6) is -0.120. The molecule has 2 aliphatic heterocycles. The molecule has 27 heavy (non-hydrogen) atoms. The summed E-state index contributed by atoms with van der Waals surface area (Å²) in [6.45, 7) is 4.06. The number of H-pyrrole nitrogens is 1. The summed E-state index contributed by atoms with van der Waals surface area (Å²) in [7, 11) is 0. The highest BCUT2D eigenvalue weighted by molar-refractivity contribution is 9.11. The van der Waals surface area contributed by atoms with Crippen molar-refractivity contribution in [3.05, 3.63) is 41.0 Å². The molecule has 2 fully saturated rings. The number of thiophene rings is 1. The van der Waals surface area contributed by atoms with Crippen molar-refractivity contribution in [1.29, 1.82) is 0 Å². The second-order valence-corrected chi connectivity index (χ2v) is 10.3. The van der Waals surface area contributed by atoms with Gasteiger partial charge in [-0.2, -0.15) is 0 Å². The zero-order chi connectivity index (χ0) is 19.2. The minimum absolute atomic E-state index is 0.0600. The van der Waals surface area contributed by atoms with E-state index in [-0.39, 0.29) is 16.7 Å². The smallest absolute Gasteiger partial charge is 0.305 e. The quantitative estimate of drug-likeness (QED) is 0.740. The van der Waals surface area contributed by atoms with Crippen LogP contribution in [-0.2, 0) is 16.0 Å². The molecule has 0 saturated carbocycles. The molecule has 2 saturated heterocycles. The predicted molar refractivity (Wildman–Crippen MR) is 107 cm³/mol. The number of aromatic nitrogens is 1. The summed E-state index contributed by atoms with van der Waals surface area (Å²) < 4.78 is 6.91.